The highest BCUT2D eigenvalue weighted by Crippen LogP contribution is 2.20. The maximum atomic E-state index is 11.8. The molecule has 0 unspecified atom stereocenters. The second kappa shape index (κ2) is 6.35. The lowest BCUT2D eigenvalue weighted by molar-refractivity contribution is -0.121. The van der Waals surface area contributed by atoms with E-state index in [0.717, 1.165) is 24.1 Å². The van der Waals surface area contributed by atoms with E-state index in [1.165, 1.54) is 0 Å². The van der Waals surface area contributed by atoms with Gasteiger partial charge in [-0.15, -0.1) is 0 Å². The Kier molecular flexibility index (Phi) is 4.09. The fourth-order valence-electron chi connectivity index (χ4n) is 2.41. The van der Waals surface area contributed by atoms with Crippen molar-refractivity contribution < 1.29 is 9.32 Å². The van der Waals surface area contributed by atoms with Gasteiger partial charge in [0.15, 0.2) is 5.76 Å². The van der Waals surface area contributed by atoms with Gasteiger partial charge >= 0.3 is 0 Å². The number of amides is 1. The number of pyridine rings is 1. The molecule has 0 spiro atoms. The summed E-state index contributed by atoms with van der Waals surface area (Å²) in [5.41, 5.74) is 1.63. The number of rotatable bonds is 5. The first-order valence-electron chi connectivity index (χ1n) is 7.10. The van der Waals surface area contributed by atoms with E-state index in [9.17, 15) is 4.79 Å². The van der Waals surface area contributed by atoms with Crippen molar-refractivity contribution in [2.45, 2.75) is 25.8 Å². The second-order valence-electron chi connectivity index (χ2n) is 5.17. The Morgan fingerprint density at radius 2 is 2.43 bits per heavy atom. The Morgan fingerprint density at radius 1 is 1.48 bits per heavy atom. The maximum Gasteiger partial charge on any atom is 0.220 e. The van der Waals surface area contributed by atoms with Crippen molar-refractivity contribution in [3.63, 3.8) is 0 Å². The number of aromatic nitrogens is 2. The fourth-order valence-corrected chi connectivity index (χ4v) is 2.41. The van der Waals surface area contributed by atoms with Gasteiger partial charge in [-0.05, 0) is 30.9 Å². The summed E-state index contributed by atoms with van der Waals surface area (Å²) >= 11 is 0. The molecule has 0 radical (unpaired) electrons. The quantitative estimate of drug-likeness (QED) is 0.857. The van der Waals surface area contributed by atoms with E-state index in [4.69, 9.17) is 4.52 Å². The Balaban J connectivity index is 1.53. The minimum Gasteiger partial charge on any atom is -0.359 e. The standard InChI is InChI=1S/C16H17N3O2/c20-16(8-12-4-1-2-5-12)18-11-14-9-15(19-21-14)13-6-3-7-17-10-13/h1,3-4,6-7,9-10,12H,2,5,8,11H2,(H,18,20)/t12-/m1/s1. The van der Waals surface area contributed by atoms with Gasteiger partial charge in [-0.25, -0.2) is 0 Å². The molecule has 108 valence electrons. The third-order valence-electron chi connectivity index (χ3n) is 3.54. The van der Waals surface area contributed by atoms with Crippen molar-refractivity contribution in [2.24, 2.45) is 5.92 Å². The fraction of sp³-hybridized carbons (Fsp3) is 0.312. The number of hydrogen-bond acceptors (Lipinski definition) is 4. The van der Waals surface area contributed by atoms with Crippen LogP contribution < -0.4 is 5.32 Å². The van der Waals surface area contributed by atoms with Crippen LogP contribution in [0.1, 0.15) is 25.0 Å². The molecule has 1 atom stereocenters. The van der Waals surface area contributed by atoms with Crippen LogP contribution in [0.5, 0.6) is 0 Å². The molecule has 1 amide bonds. The Labute approximate surface area is 123 Å². The number of allylic oxidation sites excluding steroid dienone is 2. The molecule has 0 fully saturated rings. The molecule has 0 saturated carbocycles. The monoisotopic (exact) mass is 283 g/mol. The van der Waals surface area contributed by atoms with Gasteiger partial charge in [0, 0.05) is 30.4 Å². The van der Waals surface area contributed by atoms with Crippen molar-refractivity contribution in [2.75, 3.05) is 0 Å². The molecule has 1 N–H and O–H groups in total. The van der Waals surface area contributed by atoms with Crippen molar-refractivity contribution in [3.8, 4) is 11.3 Å². The lowest BCUT2D eigenvalue weighted by Crippen LogP contribution is -2.24. The maximum absolute atomic E-state index is 11.8. The number of nitrogens with one attached hydrogen (secondary N) is 1. The summed E-state index contributed by atoms with van der Waals surface area (Å²) in [6.07, 6.45) is 10.4. The Hall–Kier alpha value is -2.43. The van der Waals surface area contributed by atoms with Crippen LogP contribution in [0.3, 0.4) is 0 Å². The highest BCUT2D eigenvalue weighted by molar-refractivity contribution is 5.76. The molecule has 5 heteroatoms. The number of nitrogens with zero attached hydrogens (tertiary/aromatic N) is 2. The summed E-state index contributed by atoms with van der Waals surface area (Å²) < 4.78 is 5.23. The van der Waals surface area contributed by atoms with Crippen LogP contribution in [0, 0.1) is 5.92 Å². The van der Waals surface area contributed by atoms with Crippen LogP contribution >= 0.6 is 0 Å². The van der Waals surface area contributed by atoms with E-state index in [0.29, 0.717) is 24.6 Å². The normalized spacial score (nSPS) is 17.0. The molecule has 1 aliphatic carbocycles. The molecule has 0 aromatic carbocycles. The van der Waals surface area contributed by atoms with E-state index in [1.54, 1.807) is 12.4 Å². The molecule has 0 aliphatic heterocycles. The van der Waals surface area contributed by atoms with E-state index >= 15 is 0 Å². The van der Waals surface area contributed by atoms with Gasteiger partial charge in [-0.2, -0.15) is 0 Å². The zero-order chi connectivity index (χ0) is 14.5. The molecular weight excluding hydrogens is 266 g/mol. The van der Waals surface area contributed by atoms with E-state index < -0.39 is 0 Å². The first kappa shape index (κ1) is 13.5. The highest BCUT2D eigenvalue weighted by atomic mass is 16.5. The summed E-state index contributed by atoms with van der Waals surface area (Å²) in [5, 5.41) is 6.86. The van der Waals surface area contributed by atoms with Crippen molar-refractivity contribution >= 4 is 5.91 Å². The third kappa shape index (κ3) is 3.56. The van der Waals surface area contributed by atoms with Gasteiger partial charge < -0.3 is 9.84 Å². The highest BCUT2D eigenvalue weighted by Gasteiger charge is 2.14. The van der Waals surface area contributed by atoms with E-state index in [2.05, 4.69) is 27.6 Å². The average Bonchev–Trinajstić information content (AvgIpc) is 3.17. The number of carbonyl (C=O) groups is 1. The van der Waals surface area contributed by atoms with Crippen LogP contribution in [0.4, 0.5) is 0 Å². The third-order valence-corrected chi connectivity index (χ3v) is 3.54. The molecule has 1 aliphatic rings. The first-order valence-corrected chi connectivity index (χ1v) is 7.10. The summed E-state index contributed by atoms with van der Waals surface area (Å²) in [7, 11) is 0. The molecule has 0 bridgehead atoms. The van der Waals surface area contributed by atoms with Gasteiger partial charge in [0.2, 0.25) is 5.91 Å². The molecule has 5 nitrogen and oxygen atoms in total. The van der Waals surface area contributed by atoms with Crippen LogP contribution in [0.15, 0.2) is 47.3 Å². The average molecular weight is 283 g/mol. The van der Waals surface area contributed by atoms with Gasteiger partial charge in [-0.3, -0.25) is 9.78 Å². The van der Waals surface area contributed by atoms with Gasteiger partial charge in [0.25, 0.3) is 0 Å². The lowest BCUT2D eigenvalue weighted by atomic mass is 10.1. The molecule has 2 aromatic rings. The molecule has 0 saturated heterocycles. The molecule has 2 aromatic heterocycles. The number of carbonyl (C=O) groups excluding carboxylic acids is 1. The van der Waals surface area contributed by atoms with Crippen LogP contribution in [0.25, 0.3) is 11.3 Å². The zero-order valence-corrected chi connectivity index (χ0v) is 11.7. The Bertz CT molecular complexity index is 634. The van der Waals surface area contributed by atoms with Gasteiger partial charge in [-0.1, -0.05) is 17.3 Å². The smallest absolute Gasteiger partial charge is 0.220 e. The van der Waals surface area contributed by atoms with Crippen molar-refractivity contribution in [3.05, 3.63) is 48.5 Å². The summed E-state index contributed by atoms with van der Waals surface area (Å²) in [5.74, 6) is 1.07. The Morgan fingerprint density at radius 3 is 3.19 bits per heavy atom. The SMILES string of the molecule is O=C(C[C@@H]1C=CCC1)NCc1cc(-c2cccnc2)no1. The first-order chi connectivity index (χ1) is 10.3. The second-order valence-corrected chi connectivity index (χ2v) is 5.17. The minimum absolute atomic E-state index is 0.0471. The minimum atomic E-state index is 0.0471. The number of hydrogen-bond donors (Lipinski definition) is 1. The predicted molar refractivity (Wildman–Crippen MR) is 78.1 cm³/mol. The van der Waals surface area contributed by atoms with Crippen LogP contribution in [-0.4, -0.2) is 16.0 Å². The van der Waals surface area contributed by atoms with Gasteiger partial charge in [0.1, 0.15) is 5.69 Å². The van der Waals surface area contributed by atoms with Crippen LogP contribution in [-0.2, 0) is 11.3 Å². The zero-order valence-electron chi connectivity index (χ0n) is 11.7. The molecule has 21 heavy (non-hydrogen) atoms. The largest absolute Gasteiger partial charge is 0.359 e. The summed E-state index contributed by atoms with van der Waals surface area (Å²) in [4.78, 5) is 15.9. The van der Waals surface area contributed by atoms with Crippen molar-refractivity contribution in [1.29, 1.82) is 0 Å². The summed E-state index contributed by atoms with van der Waals surface area (Å²) in [6.45, 7) is 0.364. The summed E-state index contributed by atoms with van der Waals surface area (Å²) in [6, 6.07) is 5.59. The predicted octanol–water partition coefficient (Wildman–Crippen LogP) is 2.71. The van der Waals surface area contributed by atoms with E-state index in [1.807, 2.05) is 18.2 Å². The lowest BCUT2D eigenvalue weighted by Gasteiger charge is -2.06. The molecule has 2 heterocycles. The van der Waals surface area contributed by atoms with Gasteiger partial charge in [0.05, 0.1) is 6.54 Å². The van der Waals surface area contributed by atoms with Crippen LogP contribution in [0.2, 0.25) is 0 Å². The van der Waals surface area contributed by atoms with Crippen molar-refractivity contribution in [1.82, 2.24) is 15.5 Å². The molecular formula is C16H17N3O2. The molecule has 3 rings (SSSR count). The van der Waals surface area contributed by atoms with E-state index in [-0.39, 0.29) is 5.91 Å². The topological polar surface area (TPSA) is 68.0 Å².